The summed E-state index contributed by atoms with van der Waals surface area (Å²) in [6.45, 7) is 5.52. The van der Waals surface area contributed by atoms with Gasteiger partial charge in [0.15, 0.2) is 0 Å². The molecule has 5 nitrogen and oxygen atoms in total. The zero-order valence-corrected chi connectivity index (χ0v) is 17.0. The van der Waals surface area contributed by atoms with Crippen LogP contribution in [0.5, 0.6) is 0 Å². The zero-order valence-electron chi connectivity index (χ0n) is 17.0. The molecule has 28 heavy (non-hydrogen) atoms. The lowest BCUT2D eigenvalue weighted by Crippen LogP contribution is -2.49. The molecule has 0 spiro atoms. The number of benzene rings is 2. The highest BCUT2D eigenvalue weighted by Crippen LogP contribution is 2.38. The maximum absolute atomic E-state index is 13.3. The number of hydrogen-bond acceptors (Lipinski definition) is 3. The van der Waals surface area contributed by atoms with Gasteiger partial charge in [-0.15, -0.1) is 0 Å². The molecule has 2 aromatic rings. The highest BCUT2D eigenvalue weighted by molar-refractivity contribution is 5.98. The van der Waals surface area contributed by atoms with E-state index in [0.717, 1.165) is 17.7 Å². The van der Waals surface area contributed by atoms with Crippen molar-refractivity contribution in [2.75, 3.05) is 11.9 Å². The van der Waals surface area contributed by atoms with Crippen LogP contribution in [0.15, 0.2) is 60.7 Å². The number of anilines is 1. The van der Waals surface area contributed by atoms with Gasteiger partial charge in [-0.05, 0) is 51.3 Å². The molecule has 1 heterocycles. The number of likely N-dealkylation sites (tertiary alicyclic amines) is 1. The van der Waals surface area contributed by atoms with E-state index in [-0.39, 0.29) is 11.9 Å². The predicted molar refractivity (Wildman–Crippen MR) is 110 cm³/mol. The van der Waals surface area contributed by atoms with Gasteiger partial charge in [0.2, 0.25) is 5.91 Å². The molecule has 0 aromatic heterocycles. The lowest BCUT2D eigenvalue weighted by atomic mass is 10.1. The van der Waals surface area contributed by atoms with Gasteiger partial charge < -0.3 is 9.64 Å². The number of nitrogens with zero attached hydrogens (tertiary/aromatic N) is 2. The van der Waals surface area contributed by atoms with E-state index in [2.05, 4.69) is 0 Å². The first-order chi connectivity index (χ1) is 13.3. The minimum absolute atomic E-state index is 0.101. The third-order valence-electron chi connectivity index (χ3n) is 4.93. The van der Waals surface area contributed by atoms with E-state index < -0.39 is 17.7 Å². The van der Waals surface area contributed by atoms with Crippen molar-refractivity contribution < 1.29 is 14.3 Å². The average Bonchev–Trinajstić information content (AvgIpc) is 3.12. The summed E-state index contributed by atoms with van der Waals surface area (Å²) in [5.74, 6) is -0.101. The Morgan fingerprint density at radius 1 is 0.964 bits per heavy atom. The third-order valence-corrected chi connectivity index (χ3v) is 4.93. The lowest BCUT2D eigenvalue weighted by Gasteiger charge is -2.33. The number of carbonyl (C=O) groups excluding carboxylic acids is 2. The monoisotopic (exact) mass is 380 g/mol. The van der Waals surface area contributed by atoms with Crippen LogP contribution in [-0.4, -0.2) is 35.6 Å². The van der Waals surface area contributed by atoms with Gasteiger partial charge >= 0.3 is 6.09 Å². The van der Waals surface area contributed by atoms with Gasteiger partial charge in [0.1, 0.15) is 11.6 Å². The van der Waals surface area contributed by atoms with E-state index in [9.17, 15) is 9.59 Å². The zero-order chi connectivity index (χ0) is 20.3. The summed E-state index contributed by atoms with van der Waals surface area (Å²) in [4.78, 5) is 29.6. The normalized spacial score (nSPS) is 19.4. The van der Waals surface area contributed by atoms with Crippen molar-refractivity contribution in [3.8, 4) is 0 Å². The van der Waals surface area contributed by atoms with Crippen LogP contribution >= 0.6 is 0 Å². The van der Waals surface area contributed by atoms with Gasteiger partial charge in [0.05, 0.1) is 6.04 Å². The van der Waals surface area contributed by atoms with Crippen molar-refractivity contribution in [1.29, 1.82) is 0 Å². The fraction of sp³-hybridized carbons (Fsp3) is 0.391. The highest BCUT2D eigenvalue weighted by atomic mass is 16.6. The Balaban J connectivity index is 1.90. The van der Waals surface area contributed by atoms with Crippen LogP contribution in [0.2, 0.25) is 0 Å². The van der Waals surface area contributed by atoms with Crippen molar-refractivity contribution in [3.63, 3.8) is 0 Å². The van der Waals surface area contributed by atoms with Crippen LogP contribution in [0.4, 0.5) is 10.5 Å². The summed E-state index contributed by atoms with van der Waals surface area (Å²) >= 11 is 0. The van der Waals surface area contributed by atoms with Crippen molar-refractivity contribution in [3.05, 3.63) is 66.2 Å². The van der Waals surface area contributed by atoms with Crippen LogP contribution in [0.1, 0.15) is 45.2 Å². The SMILES string of the molecule is CN(C(=O)C1CCC(c2ccccc2)N1C(=O)OC(C)(C)C)c1ccccc1. The third kappa shape index (κ3) is 4.35. The van der Waals surface area contributed by atoms with E-state index in [1.807, 2.05) is 81.4 Å². The van der Waals surface area contributed by atoms with Crippen LogP contribution in [0.25, 0.3) is 0 Å². The number of amides is 2. The summed E-state index contributed by atoms with van der Waals surface area (Å²) in [5.41, 5.74) is 1.20. The van der Waals surface area contributed by atoms with Crippen LogP contribution in [0, 0.1) is 0 Å². The van der Waals surface area contributed by atoms with Crippen molar-refractivity contribution in [2.24, 2.45) is 0 Å². The Morgan fingerprint density at radius 2 is 1.54 bits per heavy atom. The number of likely N-dealkylation sites (N-methyl/N-ethyl adjacent to an activating group) is 1. The maximum Gasteiger partial charge on any atom is 0.411 e. The molecule has 2 aromatic carbocycles. The van der Waals surface area contributed by atoms with Gasteiger partial charge in [-0.2, -0.15) is 0 Å². The van der Waals surface area contributed by atoms with Crippen molar-refractivity contribution >= 4 is 17.7 Å². The summed E-state index contributed by atoms with van der Waals surface area (Å²) in [7, 11) is 1.75. The second-order valence-electron chi connectivity index (χ2n) is 8.14. The molecule has 2 unspecified atom stereocenters. The van der Waals surface area contributed by atoms with Gasteiger partial charge in [0.25, 0.3) is 0 Å². The molecule has 0 saturated carbocycles. The van der Waals surface area contributed by atoms with Gasteiger partial charge in [0, 0.05) is 12.7 Å². The molecule has 0 N–H and O–H groups in total. The summed E-state index contributed by atoms with van der Waals surface area (Å²) in [6.07, 6.45) is 0.885. The number of rotatable bonds is 3. The van der Waals surface area contributed by atoms with Crippen LogP contribution < -0.4 is 4.90 Å². The Hall–Kier alpha value is -2.82. The highest BCUT2D eigenvalue weighted by Gasteiger charge is 2.44. The van der Waals surface area contributed by atoms with Crippen LogP contribution in [0.3, 0.4) is 0 Å². The first kappa shape index (κ1) is 19.9. The molecule has 148 valence electrons. The van der Waals surface area contributed by atoms with E-state index in [0.29, 0.717) is 6.42 Å². The first-order valence-corrected chi connectivity index (χ1v) is 9.67. The molecule has 0 aliphatic carbocycles. The Bertz CT molecular complexity index is 815. The second kappa shape index (κ2) is 8.05. The summed E-state index contributed by atoms with van der Waals surface area (Å²) in [6, 6.07) is 18.6. The molecule has 0 bridgehead atoms. The standard InChI is InChI=1S/C23H28N2O3/c1-23(2,3)28-22(27)25-19(17-11-7-5-8-12-17)15-16-20(25)21(26)24(4)18-13-9-6-10-14-18/h5-14,19-20H,15-16H2,1-4H3. The maximum atomic E-state index is 13.3. The van der Waals surface area contributed by atoms with E-state index in [4.69, 9.17) is 4.74 Å². The summed E-state index contributed by atoms with van der Waals surface area (Å²) in [5, 5.41) is 0. The molecule has 5 heteroatoms. The minimum atomic E-state index is -0.625. The van der Waals surface area contributed by atoms with E-state index in [1.165, 1.54) is 0 Å². The quantitative estimate of drug-likeness (QED) is 0.769. The van der Waals surface area contributed by atoms with Crippen molar-refractivity contribution in [2.45, 2.75) is 51.3 Å². The van der Waals surface area contributed by atoms with Gasteiger partial charge in [-0.3, -0.25) is 9.69 Å². The molecule has 1 saturated heterocycles. The fourth-order valence-corrected chi connectivity index (χ4v) is 3.63. The number of ether oxygens (including phenoxy) is 1. The summed E-state index contributed by atoms with van der Waals surface area (Å²) < 4.78 is 5.66. The molecular weight excluding hydrogens is 352 g/mol. The molecular formula is C23H28N2O3. The number of carbonyl (C=O) groups is 2. The average molecular weight is 380 g/mol. The van der Waals surface area contributed by atoms with E-state index >= 15 is 0 Å². The molecule has 2 amide bonds. The van der Waals surface area contributed by atoms with Crippen LogP contribution in [-0.2, 0) is 9.53 Å². The Morgan fingerprint density at radius 3 is 2.11 bits per heavy atom. The number of para-hydroxylation sites is 1. The minimum Gasteiger partial charge on any atom is -0.444 e. The smallest absolute Gasteiger partial charge is 0.411 e. The molecule has 1 fully saturated rings. The fourth-order valence-electron chi connectivity index (χ4n) is 3.63. The first-order valence-electron chi connectivity index (χ1n) is 9.67. The van der Waals surface area contributed by atoms with Gasteiger partial charge in [-0.25, -0.2) is 4.79 Å². The molecule has 3 rings (SSSR count). The predicted octanol–water partition coefficient (Wildman–Crippen LogP) is 4.79. The second-order valence-corrected chi connectivity index (χ2v) is 8.14. The molecule has 1 aliphatic heterocycles. The lowest BCUT2D eigenvalue weighted by molar-refractivity contribution is -0.123. The molecule has 1 aliphatic rings. The van der Waals surface area contributed by atoms with E-state index in [1.54, 1.807) is 16.8 Å². The van der Waals surface area contributed by atoms with Crippen molar-refractivity contribution in [1.82, 2.24) is 4.90 Å². The Kier molecular flexibility index (Phi) is 5.73. The Labute approximate surface area is 166 Å². The molecule has 2 atom stereocenters. The van der Waals surface area contributed by atoms with Gasteiger partial charge in [-0.1, -0.05) is 48.5 Å². The number of hydrogen-bond donors (Lipinski definition) is 0. The molecule has 0 radical (unpaired) electrons. The topological polar surface area (TPSA) is 49.9 Å². The largest absolute Gasteiger partial charge is 0.444 e.